The van der Waals surface area contributed by atoms with Crippen molar-refractivity contribution < 1.29 is 9.53 Å². The van der Waals surface area contributed by atoms with E-state index in [9.17, 15) is 4.79 Å². The van der Waals surface area contributed by atoms with Crippen LogP contribution in [-0.4, -0.2) is 44.2 Å². The first-order chi connectivity index (χ1) is 13.2. The molecule has 4 rings (SSSR count). The van der Waals surface area contributed by atoms with Crippen LogP contribution in [0, 0.1) is 5.92 Å². The van der Waals surface area contributed by atoms with E-state index in [0.29, 0.717) is 19.1 Å². The molecule has 0 bridgehead atoms. The zero-order valence-corrected chi connectivity index (χ0v) is 15.9. The summed E-state index contributed by atoms with van der Waals surface area (Å²) in [6.07, 6.45) is 2.08. The molecule has 5 heteroatoms. The molecule has 2 aromatic carbocycles. The van der Waals surface area contributed by atoms with Gasteiger partial charge in [-0.25, -0.2) is 4.79 Å². The number of likely N-dealkylation sites (tertiary alicyclic amines) is 1. The summed E-state index contributed by atoms with van der Waals surface area (Å²) < 4.78 is 5.85. The van der Waals surface area contributed by atoms with E-state index in [2.05, 4.69) is 41.5 Å². The summed E-state index contributed by atoms with van der Waals surface area (Å²) in [7, 11) is 2.10. The number of likely N-dealkylation sites (N-methyl/N-ethyl adjacent to an activating group) is 1. The third kappa shape index (κ3) is 4.25. The molecule has 5 nitrogen and oxygen atoms in total. The molecule has 1 fully saturated rings. The number of rotatable bonds is 5. The lowest BCUT2D eigenvalue weighted by atomic mass is 10.1. The highest BCUT2D eigenvalue weighted by Gasteiger charge is 2.26. The minimum atomic E-state index is -0.0128. The molecule has 2 aliphatic rings. The number of urea groups is 1. The minimum absolute atomic E-state index is 0.0128. The molecule has 2 amide bonds. The summed E-state index contributed by atoms with van der Waals surface area (Å²) in [5.41, 5.74) is 4.64. The first-order valence-corrected chi connectivity index (χ1v) is 9.71. The average molecular weight is 365 g/mol. The molecule has 2 aromatic rings. The summed E-state index contributed by atoms with van der Waals surface area (Å²) in [6.45, 7) is 3.92. The van der Waals surface area contributed by atoms with Gasteiger partial charge in [0.1, 0.15) is 0 Å². The van der Waals surface area contributed by atoms with E-state index in [1.165, 1.54) is 16.8 Å². The van der Waals surface area contributed by atoms with Crippen LogP contribution in [0.5, 0.6) is 0 Å². The first kappa shape index (κ1) is 17.9. The molecule has 27 heavy (non-hydrogen) atoms. The molecule has 0 spiro atoms. The molecule has 0 aromatic heterocycles. The number of nitrogens with one attached hydrogen (secondary N) is 1. The van der Waals surface area contributed by atoms with Crippen LogP contribution in [0.4, 0.5) is 16.2 Å². The molecule has 2 heterocycles. The second-order valence-electron chi connectivity index (χ2n) is 7.55. The van der Waals surface area contributed by atoms with Gasteiger partial charge in [0.15, 0.2) is 0 Å². The number of ether oxygens (including phenoxy) is 1. The van der Waals surface area contributed by atoms with Gasteiger partial charge in [0.05, 0.1) is 13.2 Å². The fourth-order valence-electron chi connectivity index (χ4n) is 3.89. The lowest BCUT2D eigenvalue weighted by Gasteiger charge is -2.19. The Kier molecular flexibility index (Phi) is 5.30. The molecule has 1 N–H and O–H groups in total. The Morgan fingerprint density at radius 1 is 1.19 bits per heavy atom. The van der Waals surface area contributed by atoms with Gasteiger partial charge in [0.2, 0.25) is 0 Å². The van der Waals surface area contributed by atoms with Crippen molar-refractivity contribution in [2.24, 2.45) is 5.92 Å². The van der Waals surface area contributed by atoms with Gasteiger partial charge >= 0.3 is 6.03 Å². The Hall–Kier alpha value is -2.53. The minimum Gasteiger partial charge on any atom is -0.376 e. The van der Waals surface area contributed by atoms with Gasteiger partial charge in [-0.15, -0.1) is 0 Å². The van der Waals surface area contributed by atoms with Crippen LogP contribution in [0.3, 0.4) is 0 Å². The maximum Gasteiger partial charge on any atom is 0.321 e. The van der Waals surface area contributed by atoms with Crippen molar-refractivity contribution in [1.29, 1.82) is 0 Å². The summed E-state index contributed by atoms with van der Waals surface area (Å²) in [6, 6.07) is 16.4. The number of anilines is 2. The van der Waals surface area contributed by atoms with Crippen LogP contribution in [0.2, 0.25) is 0 Å². The SMILES string of the molecule is CN1CCc2ccc(NC(=O)N3CC[C@@H](COCc4ccccc4)C3)cc21. The summed E-state index contributed by atoms with van der Waals surface area (Å²) in [5, 5.41) is 3.06. The maximum atomic E-state index is 12.6. The molecular formula is C22H27N3O2. The molecule has 142 valence electrons. The van der Waals surface area contributed by atoms with E-state index in [0.717, 1.165) is 38.2 Å². The maximum absolute atomic E-state index is 12.6. The fraction of sp³-hybridized carbons (Fsp3) is 0.409. The van der Waals surface area contributed by atoms with Crippen molar-refractivity contribution >= 4 is 17.4 Å². The van der Waals surface area contributed by atoms with Crippen molar-refractivity contribution in [1.82, 2.24) is 4.90 Å². The van der Waals surface area contributed by atoms with E-state index < -0.39 is 0 Å². The number of nitrogens with zero attached hydrogens (tertiary/aromatic N) is 2. The average Bonchev–Trinajstić information content (AvgIpc) is 3.30. The zero-order chi connectivity index (χ0) is 18.6. The Labute approximate surface area is 160 Å². The molecule has 0 aliphatic carbocycles. The third-order valence-corrected chi connectivity index (χ3v) is 5.50. The van der Waals surface area contributed by atoms with Crippen molar-refractivity contribution in [2.45, 2.75) is 19.4 Å². The summed E-state index contributed by atoms with van der Waals surface area (Å²) >= 11 is 0. The molecule has 0 unspecified atom stereocenters. The topological polar surface area (TPSA) is 44.8 Å². The highest BCUT2D eigenvalue weighted by Crippen LogP contribution is 2.30. The number of fused-ring (bicyclic) bond motifs is 1. The Bertz CT molecular complexity index is 793. The van der Waals surface area contributed by atoms with Gasteiger partial charge in [-0.1, -0.05) is 36.4 Å². The monoisotopic (exact) mass is 365 g/mol. The van der Waals surface area contributed by atoms with Crippen LogP contribution < -0.4 is 10.2 Å². The van der Waals surface area contributed by atoms with Gasteiger partial charge < -0.3 is 19.9 Å². The third-order valence-electron chi connectivity index (χ3n) is 5.50. The Morgan fingerprint density at radius 3 is 2.89 bits per heavy atom. The second kappa shape index (κ2) is 8.01. The van der Waals surface area contributed by atoms with E-state index in [1.54, 1.807) is 0 Å². The Morgan fingerprint density at radius 2 is 2.04 bits per heavy atom. The second-order valence-corrected chi connectivity index (χ2v) is 7.55. The molecule has 1 atom stereocenters. The van der Waals surface area contributed by atoms with Crippen molar-refractivity contribution in [3.05, 3.63) is 59.7 Å². The largest absolute Gasteiger partial charge is 0.376 e. The van der Waals surface area contributed by atoms with Crippen LogP contribution in [0.25, 0.3) is 0 Å². The van der Waals surface area contributed by atoms with Crippen LogP contribution in [0.15, 0.2) is 48.5 Å². The highest BCUT2D eigenvalue weighted by atomic mass is 16.5. The molecule has 1 saturated heterocycles. The van der Waals surface area contributed by atoms with Gasteiger partial charge in [0.25, 0.3) is 0 Å². The number of carbonyl (C=O) groups excluding carboxylic acids is 1. The zero-order valence-electron chi connectivity index (χ0n) is 15.9. The predicted molar refractivity (Wildman–Crippen MR) is 108 cm³/mol. The van der Waals surface area contributed by atoms with E-state index in [1.807, 2.05) is 29.2 Å². The molecule has 2 aliphatic heterocycles. The van der Waals surface area contributed by atoms with Crippen molar-refractivity contribution in [3.8, 4) is 0 Å². The standard InChI is InChI=1S/C22H27N3O2/c1-24-11-10-19-7-8-20(13-21(19)24)23-22(26)25-12-9-18(14-25)16-27-15-17-5-3-2-4-6-17/h2-8,13,18H,9-12,14-16H2,1H3,(H,23,26)/t18-/m1/s1. The predicted octanol–water partition coefficient (Wildman–Crippen LogP) is 3.75. The van der Waals surface area contributed by atoms with Gasteiger partial charge in [0, 0.05) is 44.0 Å². The van der Waals surface area contributed by atoms with E-state index in [-0.39, 0.29) is 6.03 Å². The number of benzene rings is 2. The van der Waals surface area contributed by atoms with Crippen LogP contribution >= 0.6 is 0 Å². The van der Waals surface area contributed by atoms with Crippen molar-refractivity contribution in [2.75, 3.05) is 43.5 Å². The van der Waals surface area contributed by atoms with Crippen LogP contribution in [0.1, 0.15) is 17.5 Å². The van der Waals surface area contributed by atoms with Crippen molar-refractivity contribution in [3.63, 3.8) is 0 Å². The van der Waals surface area contributed by atoms with E-state index >= 15 is 0 Å². The normalized spacial score (nSPS) is 18.6. The molecular weight excluding hydrogens is 338 g/mol. The lowest BCUT2D eigenvalue weighted by molar-refractivity contribution is 0.0900. The first-order valence-electron chi connectivity index (χ1n) is 9.71. The van der Waals surface area contributed by atoms with Gasteiger partial charge in [-0.2, -0.15) is 0 Å². The number of amides is 2. The van der Waals surface area contributed by atoms with E-state index in [4.69, 9.17) is 4.74 Å². The molecule has 0 saturated carbocycles. The fourth-order valence-corrected chi connectivity index (χ4v) is 3.89. The summed E-state index contributed by atoms with van der Waals surface area (Å²) in [5.74, 6) is 0.408. The Balaban J connectivity index is 1.25. The summed E-state index contributed by atoms with van der Waals surface area (Å²) in [4.78, 5) is 16.7. The number of carbonyl (C=O) groups is 1. The molecule has 0 radical (unpaired) electrons. The highest BCUT2D eigenvalue weighted by molar-refractivity contribution is 5.90. The van der Waals surface area contributed by atoms with Gasteiger partial charge in [-0.3, -0.25) is 0 Å². The number of hydrogen-bond donors (Lipinski definition) is 1. The number of hydrogen-bond acceptors (Lipinski definition) is 3. The smallest absolute Gasteiger partial charge is 0.321 e. The lowest BCUT2D eigenvalue weighted by Crippen LogP contribution is -2.33. The van der Waals surface area contributed by atoms with Crippen LogP contribution in [-0.2, 0) is 17.8 Å². The van der Waals surface area contributed by atoms with Gasteiger partial charge in [-0.05, 0) is 36.1 Å². The quantitative estimate of drug-likeness (QED) is 0.878.